The van der Waals surface area contributed by atoms with E-state index in [0.717, 1.165) is 6.42 Å². The van der Waals surface area contributed by atoms with E-state index in [1.807, 2.05) is 11.4 Å². The minimum absolute atomic E-state index is 0.0986. The number of sulfonamides is 1. The molecule has 1 aromatic carbocycles. The van der Waals surface area contributed by atoms with Crippen molar-refractivity contribution in [2.24, 2.45) is 0 Å². The van der Waals surface area contributed by atoms with Crippen molar-refractivity contribution < 1.29 is 13.2 Å². The van der Waals surface area contributed by atoms with E-state index in [1.165, 1.54) is 29.8 Å². The zero-order valence-electron chi connectivity index (χ0n) is 15.8. The number of aromatic nitrogens is 4. The molecule has 0 aliphatic carbocycles. The van der Waals surface area contributed by atoms with Gasteiger partial charge in [0.15, 0.2) is 0 Å². The minimum Gasteiger partial charge on any atom is -0.325 e. The Bertz CT molecular complexity index is 1080. The summed E-state index contributed by atoms with van der Waals surface area (Å²) in [6.07, 6.45) is 0.814. The molecule has 154 valence electrons. The predicted molar refractivity (Wildman–Crippen MR) is 113 cm³/mol. The SMILES string of the molecule is CNS(=O)(=O)c1cc(NC(=O)CSc2nnnn2CCc2cccs2)ccc1C. The van der Waals surface area contributed by atoms with Crippen molar-refractivity contribution in [3.63, 3.8) is 0 Å². The van der Waals surface area contributed by atoms with Crippen LogP contribution in [-0.4, -0.2) is 47.3 Å². The van der Waals surface area contributed by atoms with E-state index in [-0.39, 0.29) is 16.6 Å². The molecule has 2 aromatic heterocycles. The summed E-state index contributed by atoms with van der Waals surface area (Å²) >= 11 is 2.90. The number of amides is 1. The average Bonchev–Trinajstić information content (AvgIpc) is 3.37. The molecule has 9 nitrogen and oxygen atoms in total. The highest BCUT2D eigenvalue weighted by molar-refractivity contribution is 7.99. The Morgan fingerprint density at radius 2 is 2.14 bits per heavy atom. The number of hydrogen-bond donors (Lipinski definition) is 2. The molecule has 0 aliphatic heterocycles. The summed E-state index contributed by atoms with van der Waals surface area (Å²) in [6, 6.07) is 8.81. The lowest BCUT2D eigenvalue weighted by atomic mass is 10.2. The Kier molecular flexibility index (Phi) is 7.00. The van der Waals surface area contributed by atoms with E-state index in [1.54, 1.807) is 35.1 Å². The number of thioether (sulfide) groups is 1. The van der Waals surface area contributed by atoms with Crippen LogP contribution in [0.15, 0.2) is 45.8 Å². The third-order valence-electron chi connectivity index (χ3n) is 4.01. The fraction of sp³-hybridized carbons (Fsp3) is 0.294. The summed E-state index contributed by atoms with van der Waals surface area (Å²) in [5.41, 5.74) is 1.00. The lowest BCUT2D eigenvalue weighted by molar-refractivity contribution is -0.113. The number of tetrazole rings is 1. The van der Waals surface area contributed by atoms with E-state index in [4.69, 9.17) is 0 Å². The van der Waals surface area contributed by atoms with Crippen molar-refractivity contribution in [3.05, 3.63) is 46.2 Å². The molecule has 0 unspecified atom stereocenters. The number of carbonyl (C=O) groups excluding carboxylic acids is 1. The van der Waals surface area contributed by atoms with Gasteiger partial charge in [-0.3, -0.25) is 4.79 Å². The second-order valence-electron chi connectivity index (χ2n) is 6.04. The van der Waals surface area contributed by atoms with Gasteiger partial charge in [0.25, 0.3) is 0 Å². The summed E-state index contributed by atoms with van der Waals surface area (Å²) in [4.78, 5) is 13.7. The Labute approximate surface area is 177 Å². The van der Waals surface area contributed by atoms with Crippen molar-refractivity contribution >= 4 is 44.7 Å². The molecular formula is C17H20N6O3S3. The van der Waals surface area contributed by atoms with Gasteiger partial charge in [-0.05, 0) is 53.5 Å². The average molecular weight is 453 g/mol. The third-order valence-corrected chi connectivity index (χ3v) is 7.46. The number of aryl methyl sites for hydroxylation is 3. The Hall–Kier alpha value is -2.28. The quantitative estimate of drug-likeness (QED) is 0.476. The summed E-state index contributed by atoms with van der Waals surface area (Å²) in [5, 5.41) is 16.9. The maximum Gasteiger partial charge on any atom is 0.240 e. The van der Waals surface area contributed by atoms with Crippen LogP contribution in [-0.2, 0) is 27.8 Å². The molecule has 0 saturated heterocycles. The van der Waals surface area contributed by atoms with Crippen molar-refractivity contribution in [1.82, 2.24) is 24.9 Å². The number of thiophene rings is 1. The topological polar surface area (TPSA) is 119 Å². The van der Waals surface area contributed by atoms with Crippen LogP contribution in [0.1, 0.15) is 10.4 Å². The highest BCUT2D eigenvalue weighted by atomic mass is 32.2. The van der Waals surface area contributed by atoms with Gasteiger partial charge in [0.2, 0.25) is 21.1 Å². The molecule has 0 spiro atoms. The molecule has 1 amide bonds. The van der Waals surface area contributed by atoms with Gasteiger partial charge in [-0.25, -0.2) is 17.8 Å². The fourth-order valence-electron chi connectivity index (χ4n) is 2.52. The first-order chi connectivity index (χ1) is 13.9. The molecule has 2 heterocycles. The maximum atomic E-state index is 12.3. The Morgan fingerprint density at radius 1 is 1.31 bits per heavy atom. The van der Waals surface area contributed by atoms with Crippen LogP contribution in [0, 0.1) is 6.92 Å². The van der Waals surface area contributed by atoms with E-state index >= 15 is 0 Å². The van der Waals surface area contributed by atoms with Crippen LogP contribution < -0.4 is 10.0 Å². The second-order valence-corrected chi connectivity index (χ2v) is 9.87. The molecule has 0 atom stereocenters. The summed E-state index contributed by atoms with van der Waals surface area (Å²) in [6.45, 7) is 2.32. The molecule has 12 heteroatoms. The standard InChI is InChI=1S/C17H20N6O3S3/c1-12-5-6-13(10-15(12)29(25,26)18-2)19-16(24)11-28-17-20-21-22-23(17)8-7-14-4-3-9-27-14/h3-6,9-10,18H,7-8,11H2,1-2H3,(H,19,24). The van der Waals surface area contributed by atoms with E-state index in [0.29, 0.717) is 23.0 Å². The van der Waals surface area contributed by atoms with Gasteiger partial charge in [-0.2, -0.15) is 0 Å². The molecule has 3 rings (SSSR count). The monoisotopic (exact) mass is 452 g/mol. The third kappa shape index (κ3) is 5.63. The van der Waals surface area contributed by atoms with Crippen LogP contribution in [0.2, 0.25) is 0 Å². The van der Waals surface area contributed by atoms with Gasteiger partial charge in [0.1, 0.15) is 0 Å². The van der Waals surface area contributed by atoms with Crippen LogP contribution in [0.4, 0.5) is 5.69 Å². The lowest BCUT2D eigenvalue weighted by Gasteiger charge is -2.10. The minimum atomic E-state index is -3.60. The first-order valence-electron chi connectivity index (χ1n) is 8.64. The molecule has 2 N–H and O–H groups in total. The molecule has 3 aromatic rings. The maximum absolute atomic E-state index is 12.3. The smallest absolute Gasteiger partial charge is 0.240 e. The number of nitrogens with zero attached hydrogens (tertiary/aromatic N) is 4. The van der Waals surface area contributed by atoms with Gasteiger partial charge < -0.3 is 5.32 Å². The summed E-state index contributed by atoms with van der Waals surface area (Å²) in [7, 11) is -2.25. The van der Waals surface area contributed by atoms with E-state index < -0.39 is 10.0 Å². The van der Waals surface area contributed by atoms with Gasteiger partial charge in [0.05, 0.1) is 17.2 Å². The Balaban J connectivity index is 1.58. The van der Waals surface area contributed by atoms with Crippen LogP contribution >= 0.6 is 23.1 Å². The molecular weight excluding hydrogens is 432 g/mol. The number of nitrogens with one attached hydrogen (secondary N) is 2. The summed E-state index contributed by atoms with van der Waals surface area (Å²) < 4.78 is 28.1. The highest BCUT2D eigenvalue weighted by Gasteiger charge is 2.16. The zero-order valence-corrected chi connectivity index (χ0v) is 18.3. The number of rotatable bonds is 9. The number of hydrogen-bond acceptors (Lipinski definition) is 8. The van der Waals surface area contributed by atoms with Crippen molar-refractivity contribution in [1.29, 1.82) is 0 Å². The molecule has 29 heavy (non-hydrogen) atoms. The molecule has 0 fully saturated rings. The van der Waals surface area contributed by atoms with E-state index in [9.17, 15) is 13.2 Å². The Morgan fingerprint density at radius 3 is 2.86 bits per heavy atom. The first kappa shape index (κ1) is 21.4. The van der Waals surface area contributed by atoms with Gasteiger partial charge in [0, 0.05) is 17.0 Å². The normalized spacial score (nSPS) is 11.5. The van der Waals surface area contributed by atoms with Gasteiger partial charge in [-0.1, -0.05) is 23.9 Å². The number of benzene rings is 1. The van der Waals surface area contributed by atoms with Crippen LogP contribution in [0.5, 0.6) is 0 Å². The predicted octanol–water partition coefficient (Wildman–Crippen LogP) is 1.92. The second kappa shape index (κ2) is 9.48. The molecule has 0 bridgehead atoms. The lowest BCUT2D eigenvalue weighted by Crippen LogP contribution is -2.20. The zero-order chi connectivity index (χ0) is 20.9. The largest absolute Gasteiger partial charge is 0.325 e. The van der Waals surface area contributed by atoms with E-state index in [2.05, 4.69) is 31.6 Å². The summed E-state index contributed by atoms with van der Waals surface area (Å²) in [5.74, 6) is -0.180. The number of carbonyl (C=O) groups is 1. The van der Waals surface area contributed by atoms with Gasteiger partial charge >= 0.3 is 0 Å². The fourth-order valence-corrected chi connectivity index (χ4v) is 4.91. The molecule has 0 radical (unpaired) electrons. The van der Waals surface area contributed by atoms with Crippen molar-refractivity contribution in [2.45, 2.75) is 29.9 Å². The molecule has 0 aliphatic rings. The van der Waals surface area contributed by atoms with Crippen molar-refractivity contribution in [2.75, 3.05) is 18.1 Å². The number of anilines is 1. The van der Waals surface area contributed by atoms with Gasteiger partial charge in [-0.15, -0.1) is 16.4 Å². The van der Waals surface area contributed by atoms with Crippen molar-refractivity contribution in [3.8, 4) is 0 Å². The van der Waals surface area contributed by atoms with Crippen LogP contribution in [0.25, 0.3) is 0 Å². The highest BCUT2D eigenvalue weighted by Crippen LogP contribution is 2.21. The molecule has 0 saturated carbocycles. The van der Waals surface area contributed by atoms with Crippen LogP contribution in [0.3, 0.4) is 0 Å². The first-order valence-corrected chi connectivity index (χ1v) is 12.0.